The predicted octanol–water partition coefficient (Wildman–Crippen LogP) is 1.29. The van der Waals surface area contributed by atoms with Crippen molar-refractivity contribution >= 4 is 12.1 Å². The predicted molar refractivity (Wildman–Crippen MR) is 49.6 cm³/mol. The van der Waals surface area contributed by atoms with Crippen molar-refractivity contribution in [3.63, 3.8) is 0 Å². The molecule has 3 atom stereocenters. The number of hydrogen-bond donors (Lipinski definition) is 1. The maximum Gasteiger partial charge on any atom is 0.152 e. The number of aldehydes is 1. The van der Waals surface area contributed by atoms with Crippen molar-refractivity contribution in [2.45, 2.75) is 33.3 Å². The Morgan fingerprint density at radius 2 is 2.21 bits per heavy atom. The molecule has 80 valence electrons. The normalized spacial score (nSPS) is 31.7. The number of carbonyl (C=O) groups excluding carboxylic acids is 2. The molecule has 0 bridgehead atoms. The van der Waals surface area contributed by atoms with Gasteiger partial charge in [-0.3, -0.25) is 10.1 Å². The minimum atomic E-state index is -0.805. The molecule has 3 unspecified atom stereocenters. The Morgan fingerprint density at radius 3 is 2.50 bits per heavy atom. The molecule has 0 radical (unpaired) electrons. The van der Waals surface area contributed by atoms with Gasteiger partial charge in [0.05, 0.1) is 0 Å². The maximum atomic E-state index is 11.2. The summed E-state index contributed by atoms with van der Waals surface area (Å²) >= 11 is 0. The van der Waals surface area contributed by atoms with Gasteiger partial charge in [-0.1, -0.05) is 13.8 Å². The smallest absolute Gasteiger partial charge is 0.152 e. The first-order valence-electron chi connectivity index (χ1n) is 4.71. The Balaban J connectivity index is 2.71. The van der Waals surface area contributed by atoms with Gasteiger partial charge in [-0.25, -0.2) is 4.89 Å². The average molecular weight is 200 g/mol. The number of rotatable bonds is 4. The van der Waals surface area contributed by atoms with Crippen molar-refractivity contribution in [3.8, 4) is 0 Å². The molecule has 0 saturated heterocycles. The van der Waals surface area contributed by atoms with E-state index < -0.39 is 6.10 Å². The van der Waals surface area contributed by atoms with E-state index in [4.69, 9.17) is 5.26 Å². The summed E-state index contributed by atoms with van der Waals surface area (Å²) in [5, 5.41) is 8.50. The van der Waals surface area contributed by atoms with Crippen molar-refractivity contribution in [2.24, 2.45) is 17.3 Å². The van der Waals surface area contributed by atoms with Gasteiger partial charge in [-0.2, -0.15) is 0 Å². The third-order valence-corrected chi connectivity index (χ3v) is 3.49. The molecule has 1 fully saturated rings. The molecule has 1 aliphatic carbocycles. The molecular weight excluding hydrogens is 184 g/mol. The van der Waals surface area contributed by atoms with Crippen molar-refractivity contribution in [1.29, 1.82) is 0 Å². The number of Topliss-reactive ketones (excluding diaryl/α,β-unsaturated/α-hetero) is 1. The Hall–Kier alpha value is -0.740. The Labute approximate surface area is 83.2 Å². The Bertz CT molecular complexity index is 247. The first kappa shape index (κ1) is 11.3. The van der Waals surface area contributed by atoms with Crippen molar-refractivity contribution < 1.29 is 19.7 Å². The highest BCUT2D eigenvalue weighted by molar-refractivity contribution is 5.80. The lowest BCUT2D eigenvalue weighted by Crippen LogP contribution is -2.53. The van der Waals surface area contributed by atoms with E-state index in [0.29, 0.717) is 12.7 Å². The summed E-state index contributed by atoms with van der Waals surface area (Å²) in [4.78, 5) is 25.8. The number of carbonyl (C=O) groups is 2. The van der Waals surface area contributed by atoms with Crippen LogP contribution in [0.2, 0.25) is 0 Å². The fraction of sp³-hybridized carbons (Fsp3) is 0.800. The zero-order valence-corrected chi connectivity index (χ0v) is 8.69. The second kappa shape index (κ2) is 3.79. The van der Waals surface area contributed by atoms with Crippen molar-refractivity contribution in [2.75, 3.05) is 0 Å². The van der Waals surface area contributed by atoms with Gasteiger partial charge in [0, 0.05) is 11.8 Å². The van der Waals surface area contributed by atoms with E-state index in [1.165, 1.54) is 0 Å². The molecule has 0 aliphatic heterocycles. The van der Waals surface area contributed by atoms with Crippen LogP contribution in [0.4, 0.5) is 0 Å². The van der Waals surface area contributed by atoms with E-state index in [9.17, 15) is 9.59 Å². The minimum Gasteiger partial charge on any atom is -0.300 e. The first-order valence-corrected chi connectivity index (χ1v) is 4.71. The molecule has 0 amide bonds. The highest BCUT2D eigenvalue weighted by atomic mass is 17.1. The van der Waals surface area contributed by atoms with Gasteiger partial charge in [0.1, 0.15) is 5.78 Å². The summed E-state index contributed by atoms with van der Waals surface area (Å²) in [6.45, 7) is 5.39. The minimum absolute atomic E-state index is 0.0231. The van der Waals surface area contributed by atoms with Gasteiger partial charge in [0.2, 0.25) is 0 Å². The zero-order chi connectivity index (χ0) is 10.9. The fourth-order valence-corrected chi connectivity index (χ4v) is 2.40. The van der Waals surface area contributed by atoms with Crippen LogP contribution in [0.1, 0.15) is 27.2 Å². The van der Waals surface area contributed by atoms with E-state index >= 15 is 0 Å². The summed E-state index contributed by atoms with van der Waals surface area (Å²) in [5.74, 6) is 0.0397. The second-order valence-electron chi connectivity index (χ2n) is 4.53. The van der Waals surface area contributed by atoms with E-state index in [2.05, 4.69) is 4.89 Å². The second-order valence-corrected chi connectivity index (χ2v) is 4.53. The topological polar surface area (TPSA) is 63.6 Å². The molecule has 1 aliphatic rings. The van der Waals surface area contributed by atoms with Crippen LogP contribution in [-0.2, 0) is 14.5 Å². The average Bonchev–Trinajstić information content (AvgIpc) is 2.10. The fourth-order valence-electron chi connectivity index (χ4n) is 2.40. The summed E-state index contributed by atoms with van der Waals surface area (Å²) in [6, 6.07) is 0. The molecule has 1 N–H and O–H groups in total. The molecule has 1 rings (SSSR count). The van der Waals surface area contributed by atoms with Crippen LogP contribution >= 0.6 is 0 Å². The van der Waals surface area contributed by atoms with Crippen LogP contribution in [0.3, 0.4) is 0 Å². The molecule has 0 heterocycles. The van der Waals surface area contributed by atoms with Crippen molar-refractivity contribution in [3.05, 3.63) is 0 Å². The molecule has 4 heteroatoms. The number of hydrogen-bond acceptors (Lipinski definition) is 4. The summed E-state index contributed by atoms with van der Waals surface area (Å²) in [6.07, 6.45) is 0.398. The quantitative estimate of drug-likeness (QED) is 0.422. The zero-order valence-electron chi connectivity index (χ0n) is 8.69. The van der Waals surface area contributed by atoms with Gasteiger partial charge in [0.15, 0.2) is 12.4 Å². The third-order valence-electron chi connectivity index (χ3n) is 3.49. The van der Waals surface area contributed by atoms with E-state index in [-0.39, 0.29) is 23.0 Å². The summed E-state index contributed by atoms with van der Waals surface area (Å²) in [7, 11) is 0. The van der Waals surface area contributed by atoms with Crippen LogP contribution in [0.25, 0.3) is 0 Å². The van der Waals surface area contributed by atoms with Crippen LogP contribution in [-0.4, -0.2) is 23.4 Å². The molecule has 4 nitrogen and oxygen atoms in total. The molecule has 0 spiro atoms. The van der Waals surface area contributed by atoms with Crippen LogP contribution < -0.4 is 0 Å². The summed E-state index contributed by atoms with van der Waals surface area (Å²) in [5.41, 5.74) is -0.264. The van der Waals surface area contributed by atoms with Gasteiger partial charge >= 0.3 is 0 Å². The molecule has 0 aromatic rings. The Kier molecular flexibility index (Phi) is 3.07. The molecular formula is C10H16O4. The largest absolute Gasteiger partial charge is 0.300 e. The SMILES string of the molecule is CC(=O)C1CC(C(C=O)OO)C1(C)C. The Morgan fingerprint density at radius 1 is 1.64 bits per heavy atom. The lowest BCUT2D eigenvalue weighted by molar-refractivity contribution is -0.296. The maximum absolute atomic E-state index is 11.2. The third kappa shape index (κ3) is 1.60. The molecule has 1 saturated carbocycles. The van der Waals surface area contributed by atoms with Crippen LogP contribution in [0, 0.1) is 17.3 Å². The number of ketones is 1. The van der Waals surface area contributed by atoms with E-state index in [0.717, 1.165) is 0 Å². The molecule has 0 aromatic heterocycles. The highest BCUT2D eigenvalue weighted by Crippen LogP contribution is 2.53. The lowest BCUT2D eigenvalue weighted by Gasteiger charge is -2.52. The summed E-state index contributed by atoms with van der Waals surface area (Å²) < 4.78 is 0. The lowest BCUT2D eigenvalue weighted by atomic mass is 9.52. The monoisotopic (exact) mass is 200 g/mol. The molecule has 14 heavy (non-hydrogen) atoms. The van der Waals surface area contributed by atoms with E-state index in [1.54, 1.807) is 6.92 Å². The van der Waals surface area contributed by atoms with Gasteiger partial charge in [-0.15, -0.1) is 0 Å². The van der Waals surface area contributed by atoms with E-state index in [1.807, 2.05) is 13.8 Å². The van der Waals surface area contributed by atoms with Crippen molar-refractivity contribution in [1.82, 2.24) is 0 Å². The van der Waals surface area contributed by atoms with Crippen LogP contribution in [0.15, 0.2) is 0 Å². The van der Waals surface area contributed by atoms with Gasteiger partial charge in [-0.05, 0) is 18.8 Å². The standard InChI is InChI=1S/C10H16O4/c1-6(12)7-4-8(10(7,2)3)9(5-11)14-13/h5,7-9,13H,4H2,1-3H3. The molecule has 0 aromatic carbocycles. The van der Waals surface area contributed by atoms with Gasteiger partial charge in [0.25, 0.3) is 0 Å². The van der Waals surface area contributed by atoms with Crippen LogP contribution in [0.5, 0.6) is 0 Å². The highest BCUT2D eigenvalue weighted by Gasteiger charge is 2.53. The first-order chi connectivity index (χ1) is 6.45. The van der Waals surface area contributed by atoms with Gasteiger partial charge < -0.3 is 4.79 Å².